The van der Waals surface area contributed by atoms with Crippen molar-refractivity contribution in [2.45, 2.75) is 76.8 Å². The lowest BCUT2D eigenvalue weighted by Crippen LogP contribution is -2.53. The topological polar surface area (TPSA) is 60.9 Å². The van der Waals surface area contributed by atoms with Crippen molar-refractivity contribution in [1.82, 2.24) is 9.88 Å². The summed E-state index contributed by atoms with van der Waals surface area (Å²) < 4.78 is 18.1. The molecule has 6 heteroatoms. The Balaban J connectivity index is 1.68. The van der Waals surface area contributed by atoms with Crippen LogP contribution in [0, 0.1) is 0 Å². The van der Waals surface area contributed by atoms with Crippen LogP contribution >= 0.6 is 0 Å². The number of carbonyl (C=O) groups is 1. The Bertz CT molecular complexity index is 621. The van der Waals surface area contributed by atoms with Gasteiger partial charge in [0.15, 0.2) is 0 Å². The van der Waals surface area contributed by atoms with E-state index in [1.807, 2.05) is 40.0 Å². The Morgan fingerprint density at radius 1 is 1.37 bits per heavy atom. The second-order valence-corrected chi connectivity index (χ2v) is 8.56. The zero-order valence-corrected chi connectivity index (χ0v) is 16.9. The van der Waals surface area contributed by atoms with E-state index in [2.05, 4.69) is 11.1 Å². The third-order valence-electron chi connectivity index (χ3n) is 5.25. The van der Waals surface area contributed by atoms with E-state index in [-0.39, 0.29) is 23.9 Å². The quantitative estimate of drug-likeness (QED) is 0.794. The van der Waals surface area contributed by atoms with Crippen molar-refractivity contribution in [3.05, 3.63) is 30.1 Å². The summed E-state index contributed by atoms with van der Waals surface area (Å²) in [5.41, 5.74) is 0.367. The molecule has 3 rings (SSSR count). The van der Waals surface area contributed by atoms with Crippen molar-refractivity contribution in [2.75, 3.05) is 19.7 Å². The maximum Gasteiger partial charge on any atom is 0.410 e. The third-order valence-corrected chi connectivity index (χ3v) is 5.25. The highest BCUT2D eigenvalue weighted by molar-refractivity contribution is 5.68. The fourth-order valence-corrected chi connectivity index (χ4v) is 4.01. The molecule has 0 aliphatic carbocycles. The molecule has 0 aromatic carbocycles. The molecule has 6 nitrogen and oxygen atoms in total. The molecule has 2 saturated heterocycles. The highest BCUT2D eigenvalue weighted by atomic mass is 16.6. The summed E-state index contributed by atoms with van der Waals surface area (Å²) in [6.07, 6.45) is 6.89. The van der Waals surface area contributed by atoms with Gasteiger partial charge in [0.1, 0.15) is 5.60 Å². The fourth-order valence-electron chi connectivity index (χ4n) is 4.01. The minimum Gasteiger partial charge on any atom is -0.444 e. The van der Waals surface area contributed by atoms with Crippen LogP contribution in [-0.4, -0.2) is 53.0 Å². The monoisotopic (exact) mass is 376 g/mol. The molecule has 0 bridgehead atoms. The largest absolute Gasteiger partial charge is 0.444 e. The second-order valence-electron chi connectivity index (χ2n) is 8.56. The van der Waals surface area contributed by atoms with Gasteiger partial charge in [-0.3, -0.25) is 4.98 Å². The van der Waals surface area contributed by atoms with E-state index in [1.54, 1.807) is 11.1 Å². The molecule has 2 aliphatic heterocycles. The van der Waals surface area contributed by atoms with Gasteiger partial charge in [-0.25, -0.2) is 4.79 Å². The van der Waals surface area contributed by atoms with Crippen LogP contribution in [-0.2, 0) is 14.2 Å². The minimum atomic E-state index is -0.473. The molecule has 1 aromatic rings. The van der Waals surface area contributed by atoms with Crippen molar-refractivity contribution in [2.24, 2.45) is 0 Å². The van der Waals surface area contributed by atoms with Gasteiger partial charge in [-0.05, 0) is 52.2 Å². The van der Waals surface area contributed by atoms with Crippen LogP contribution in [0.3, 0.4) is 0 Å². The van der Waals surface area contributed by atoms with Crippen LogP contribution in [0.5, 0.6) is 0 Å². The molecule has 1 amide bonds. The summed E-state index contributed by atoms with van der Waals surface area (Å²) >= 11 is 0. The molecule has 3 heterocycles. The second kappa shape index (κ2) is 8.15. The Kier molecular flexibility index (Phi) is 6.06. The predicted octanol–water partition coefficient (Wildman–Crippen LogP) is 4.11. The zero-order valence-electron chi connectivity index (χ0n) is 16.9. The first kappa shape index (κ1) is 20.1. The van der Waals surface area contributed by atoms with E-state index in [1.165, 1.54) is 0 Å². The number of likely N-dealkylation sites (tertiary alicyclic amines) is 1. The van der Waals surface area contributed by atoms with Crippen LogP contribution in [0.15, 0.2) is 24.5 Å². The van der Waals surface area contributed by atoms with Gasteiger partial charge in [-0.15, -0.1) is 0 Å². The molecule has 0 radical (unpaired) electrons. The first-order chi connectivity index (χ1) is 12.8. The van der Waals surface area contributed by atoms with Crippen LogP contribution in [0.25, 0.3) is 0 Å². The molecule has 27 heavy (non-hydrogen) atoms. The number of rotatable bonds is 3. The maximum absolute atomic E-state index is 12.4. The van der Waals surface area contributed by atoms with E-state index in [0.717, 1.165) is 31.2 Å². The maximum atomic E-state index is 12.4. The molecule has 2 atom stereocenters. The lowest BCUT2D eigenvalue weighted by Gasteiger charge is -2.48. The molecular weight excluding hydrogens is 344 g/mol. The van der Waals surface area contributed by atoms with E-state index >= 15 is 0 Å². The van der Waals surface area contributed by atoms with Crippen molar-refractivity contribution >= 4 is 6.09 Å². The molecule has 0 N–H and O–H groups in total. The Morgan fingerprint density at radius 2 is 2.11 bits per heavy atom. The molecule has 150 valence electrons. The first-order valence-corrected chi connectivity index (χ1v) is 9.97. The number of aromatic nitrogens is 1. The van der Waals surface area contributed by atoms with Crippen LogP contribution in [0.1, 0.15) is 65.0 Å². The van der Waals surface area contributed by atoms with Gasteiger partial charge in [-0.2, -0.15) is 0 Å². The number of pyridine rings is 1. The number of nitrogens with zero attached hydrogens (tertiary/aromatic N) is 2. The normalized spacial score (nSPS) is 25.4. The lowest BCUT2D eigenvalue weighted by molar-refractivity contribution is -0.191. The van der Waals surface area contributed by atoms with E-state index in [4.69, 9.17) is 14.2 Å². The number of hydrogen-bond acceptors (Lipinski definition) is 5. The standard InChI is InChI=1S/C21H32N2O4/c1-5-25-17-13-18(16-7-6-10-22-15-16)26-21(14-17)8-11-23(12-9-21)19(24)27-20(2,3)4/h6-7,10,15,17-18H,5,8-9,11-14H2,1-4H3. The number of ether oxygens (including phenoxy) is 3. The molecular formula is C21H32N2O4. The molecule has 0 saturated carbocycles. The van der Waals surface area contributed by atoms with E-state index in [0.29, 0.717) is 19.7 Å². The zero-order chi connectivity index (χ0) is 19.5. The summed E-state index contributed by atoms with van der Waals surface area (Å²) in [6, 6.07) is 4.01. The molecule has 2 fully saturated rings. The summed E-state index contributed by atoms with van der Waals surface area (Å²) in [6.45, 7) is 9.71. The molecule has 1 spiro atoms. The van der Waals surface area contributed by atoms with Crippen molar-refractivity contribution in [3.63, 3.8) is 0 Å². The lowest BCUT2D eigenvalue weighted by atomic mass is 9.81. The Labute approximate surface area is 162 Å². The van der Waals surface area contributed by atoms with Crippen LogP contribution in [0.4, 0.5) is 4.79 Å². The van der Waals surface area contributed by atoms with Crippen molar-refractivity contribution < 1.29 is 19.0 Å². The smallest absolute Gasteiger partial charge is 0.410 e. The van der Waals surface area contributed by atoms with Gasteiger partial charge in [0.2, 0.25) is 0 Å². The highest BCUT2D eigenvalue weighted by Crippen LogP contribution is 2.43. The third kappa shape index (κ3) is 5.20. The Hall–Kier alpha value is -1.66. The van der Waals surface area contributed by atoms with Crippen molar-refractivity contribution in [3.8, 4) is 0 Å². The number of amides is 1. The van der Waals surface area contributed by atoms with Gasteiger partial charge in [0.05, 0.1) is 17.8 Å². The van der Waals surface area contributed by atoms with Gasteiger partial charge in [-0.1, -0.05) is 6.07 Å². The fraction of sp³-hybridized carbons (Fsp3) is 0.714. The Morgan fingerprint density at radius 3 is 2.70 bits per heavy atom. The summed E-state index contributed by atoms with van der Waals surface area (Å²) in [4.78, 5) is 18.4. The molecule has 1 aromatic heterocycles. The summed E-state index contributed by atoms with van der Waals surface area (Å²) in [5, 5.41) is 0. The number of carbonyl (C=O) groups excluding carboxylic acids is 1. The van der Waals surface area contributed by atoms with Gasteiger partial charge in [0.25, 0.3) is 0 Å². The first-order valence-electron chi connectivity index (χ1n) is 9.97. The molecule has 2 unspecified atom stereocenters. The van der Waals surface area contributed by atoms with Crippen LogP contribution < -0.4 is 0 Å². The van der Waals surface area contributed by atoms with Gasteiger partial charge < -0.3 is 19.1 Å². The molecule has 2 aliphatic rings. The number of hydrogen-bond donors (Lipinski definition) is 0. The summed E-state index contributed by atoms with van der Waals surface area (Å²) in [7, 11) is 0. The average Bonchev–Trinajstić information content (AvgIpc) is 2.61. The van der Waals surface area contributed by atoms with E-state index in [9.17, 15) is 4.79 Å². The predicted molar refractivity (Wildman–Crippen MR) is 102 cm³/mol. The summed E-state index contributed by atoms with van der Waals surface area (Å²) in [5.74, 6) is 0. The minimum absolute atomic E-state index is 0.0166. The average molecular weight is 376 g/mol. The SMILES string of the molecule is CCOC1CC(c2cccnc2)OC2(CCN(C(=O)OC(C)(C)C)CC2)C1. The van der Waals surface area contributed by atoms with E-state index < -0.39 is 5.60 Å². The van der Waals surface area contributed by atoms with Gasteiger partial charge in [0, 0.05) is 44.9 Å². The number of piperidine rings is 1. The highest BCUT2D eigenvalue weighted by Gasteiger charge is 2.45. The van der Waals surface area contributed by atoms with Crippen LogP contribution in [0.2, 0.25) is 0 Å². The van der Waals surface area contributed by atoms with Crippen molar-refractivity contribution in [1.29, 1.82) is 0 Å². The van der Waals surface area contributed by atoms with Gasteiger partial charge >= 0.3 is 6.09 Å².